The van der Waals surface area contributed by atoms with Crippen molar-refractivity contribution in [3.05, 3.63) is 35.4 Å². The fourth-order valence-corrected chi connectivity index (χ4v) is 2.73. The molecule has 2 atom stereocenters. The quantitative estimate of drug-likeness (QED) is 0.834. The Hall–Kier alpha value is -0.900. The maximum Gasteiger partial charge on any atom is 0.0757 e. The van der Waals surface area contributed by atoms with E-state index in [9.17, 15) is 0 Å². The molecule has 98 valence electrons. The summed E-state index contributed by atoms with van der Waals surface area (Å²) in [4.78, 5) is 0. The van der Waals surface area contributed by atoms with Crippen LogP contribution in [0.5, 0.6) is 0 Å². The lowest BCUT2D eigenvalue weighted by Crippen LogP contribution is -2.37. The van der Waals surface area contributed by atoms with E-state index in [1.807, 2.05) is 12.1 Å². The van der Waals surface area contributed by atoms with Gasteiger partial charge in [0.25, 0.3) is 0 Å². The Bertz CT molecular complexity index is 386. The molecule has 2 N–H and O–H groups in total. The highest BCUT2D eigenvalue weighted by atomic mass is 16.5. The Labute approximate surface area is 108 Å². The number of benzene rings is 1. The van der Waals surface area contributed by atoms with E-state index in [4.69, 9.17) is 9.84 Å². The van der Waals surface area contributed by atoms with Crippen molar-refractivity contribution in [1.82, 2.24) is 5.32 Å². The van der Waals surface area contributed by atoms with Gasteiger partial charge in [-0.2, -0.15) is 0 Å². The maximum absolute atomic E-state index is 9.00. The second-order valence-electron chi connectivity index (χ2n) is 5.42. The number of hydrogen-bond acceptors (Lipinski definition) is 3. The van der Waals surface area contributed by atoms with Crippen LogP contribution in [-0.4, -0.2) is 23.9 Å². The molecule has 2 unspecified atom stereocenters. The van der Waals surface area contributed by atoms with E-state index in [-0.39, 0.29) is 6.61 Å². The Morgan fingerprint density at radius 3 is 2.50 bits per heavy atom. The van der Waals surface area contributed by atoms with Crippen LogP contribution in [0.2, 0.25) is 0 Å². The Kier molecular flexibility index (Phi) is 3.64. The number of hydrogen-bond donors (Lipinski definition) is 2. The SMILES string of the molecule is OCc1ccc(CNC2CCOC2C2CC2)cc1. The molecular weight excluding hydrogens is 226 g/mol. The summed E-state index contributed by atoms with van der Waals surface area (Å²) in [5, 5.41) is 12.6. The molecular formula is C15H21NO2. The van der Waals surface area contributed by atoms with Crippen LogP contribution < -0.4 is 5.32 Å². The van der Waals surface area contributed by atoms with Gasteiger partial charge in [-0.15, -0.1) is 0 Å². The summed E-state index contributed by atoms with van der Waals surface area (Å²) in [6, 6.07) is 8.66. The lowest BCUT2D eigenvalue weighted by atomic mass is 10.1. The third-order valence-electron chi connectivity index (χ3n) is 4.00. The number of ether oxygens (including phenoxy) is 1. The van der Waals surface area contributed by atoms with Gasteiger partial charge in [0.05, 0.1) is 12.7 Å². The molecule has 1 aromatic carbocycles. The zero-order chi connectivity index (χ0) is 12.4. The maximum atomic E-state index is 9.00. The summed E-state index contributed by atoms with van der Waals surface area (Å²) >= 11 is 0. The Morgan fingerprint density at radius 1 is 1.11 bits per heavy atom. The van der Waals surface area contributed by atoms with Gasteiger partial charge in [-0.05, 0) is 36.3 Å². The summed E-state index contributed by atoms with van der Waals surface area (Å²) in [6.07, 6.45) is 4.26. The first-order chi connectivity index (χ1) is 8.86. The third kappa shape index (κ3) is 2.74. The lowest BCUT2D eigenvalue weighted by Gasteiger charge is -2.19. The highest BCUT2D eigenvalue weighted by Gasteiger charge is 2.40. The average Bonchev–Trinajstić information content (AvgIpc) is 3.16. The zero-order valence-corrected chi connectivity index (χ0v) is 10.6. The van der Waals surface area contributed by atoms with Gasteiger partial charge in [0.15, 0.2) is 0 Å². The second-order valence-corrected chi connectivity index (χ2v) is 5.42. The molecule has 2 fully saturated rings. The molecule has 0 aromatic heterocycles. The first-order valence-corrected chi connectivity index (χ1v) is 6.90. The average molecular weight is 247 g/mol. The Balaban J connectivity index is 1.53. The number of rotatable bonds is 5. The first-order valence-electron chi connectivity index (χ1n) is 6.90. The van der Waals surface area contributed by atoms with E-state index in [2.05, 4.69) is 17.4 Å². The highest BCUT2D eigenvalue weighted by molar-refractivity contribution is 5.21. The molecule has 0 amide bonds. The van der Waals surface area contributed by atoms with Gasteiger partial charge in [-0.25, -0.2) is 0 Å². The van der Waals surface area contributed by atoms with Crippen molar-refractivity contribution >= 4 is 0 Å². The van der Waals surface area contributed by atoms with E-state index in [1.165, 1.54) is 18.4 Å². The zero-order valence-electron chi connectivity index (χ0n) is 10.6. The van der Waals surface area contributed by atoms with Gasteiger partial charge in [0.1, 0.15) is 0 Å². The van der Waals surface area contributed by atoms with Crippen LogP contribution in [0.25, 0.3) is 0 Å². The van der Waals surface area contributed by atoms with E-state index in [0.717, 1.165) is 31.1 Å². The monoisotopic (exact) mass is 247 g/mol. The van der Waals surface area contributed by atoms with E-state index < -0.39 is 0 Å². The molecule has 3 heteroatoms. The standard InChI is InChI=1S/C15H21NO2/c17-10-12-3-1-11(2-4-12)9-16-14-7-8-18-15(14)13-5-6-13/h1-4,13-17H,5-10H2. The largest absolute Gasteiger partial charge is 0.392 e. The van der Waals surface area contributed by atoms with Gasteiger partial charge < -0.3 is 15.2 Å². The smallest absolute Gasteiger partial charge is 0.0757 e. The summed E-state index contributed by atoms with van der Waals surface area (Å²) in [5.41, 5.74) is 2.24. The molecule has 0 spiro atoms. The van der Waals surface area contributed by atoms with Crippen LogP contribution in [0.3, 0.4) is 0 Å². The topological polar surface area (TPSA) is 41.5 Å². The number of nitrogens with one attached hydrogen (secondary N) is 1. The minimum atomic E-state index is 0.119. The molecule has 3 rings (SSSR count). The van der Waals surface area contributed by atoms with E-state index >= 15 is 0 Å². The van der Waals surface area contributed by atoms with Crippen molar-refractivity contribution in [3.8, 4) is 0 Å². The molecule has 1 aliphatic carbocycles. The van der Waals surface area contributed by atoms with Crippen molar-refractivity contribution in [1.29, 1.82) is 0 Å². The molecule has 1 aromatic rings. The fraction of sp³-hybridized carbons (Fsp3) is 0.600. The lowest BCUT2D eigenvalue weighted by molar-refractivity contribution is 0.0809. The van der Waals surface area contributed by atoms with Crippen molar-refractivity contribution in [2.24, 2.45) is 5.92 Å². The molecule has 1 heterocycles. The summed E-state index contributed by atoms with van der Waals surface area (Å²) in [6.45, 7) is 1.92. The minimum absolute atomic E-state index is 0.119. The van der Waals surface area contributed by atoms with Crippen molar-refractivity contribution in [2.45, 2.75) is 44.6 Å². The second kappa shape index (κ2) is 5.39. The number of aliphatic hydroxyl groups excluding tert-OH is 1. The first kappa shape index (κ1) is 12.2. The molecule has 0 bridgehead atoms. The molecule has 3 nitrogen and oxygen atoms in total. The minimum Gasteiger partial charge on any atom is -0.392 e. The molecule has 1 saturated heterocycles. The van der Waals surface area contributed by atoms with Gasteiger partial charge in [0, 0.05) is 19.2 Å². The van der Waals surface area contributed by atoms with Crippen LogP contribution in [-0.2, 0) is 17.9 Å². The normalized spacial score (nSPS) is 27.6. The van der Waals surface area contributed by atoms with Crippen LogP contribution >= 0.6 is 0 Å². The molecule has 18 heavy (non-hydrogen) atoms. The van der Waals surface area contributed by atoms with Gasteiger partial charge in [-0.3, -0.25) is 0 Å². The molecule has 1 saturated carbocycles. The van der Waals surface area contributed by atoms with Crippen molar-refractivity contribution in [3.63, 3.8) is 0 Å². The predicted molar refractivity (Wildman–Crippen MR) is 70.1 cm³/mol. The van der Waals surface area contributed by atoms with Gasteiger partial charge in [0.2, 0.25) is 0 Å². The Morgan fingerprint density at radius 2 is 1.83 bits per heavy atom. The molecule has 2 aliphatic rings. The van der Waals surface area contributed by atoms with Crippen LogP contribution in [0.15, 0.2) is 24.3 Å². The van der Waals surface area contributed by atoms with E-state index in [1.54, 1.807) is 0 Å². The summed E-state index contributed by atoms with van der Waals surface area (Å²) in [7, 11) is 0. The van der Waals surface area contributed by atoms with Crippen molar-refractivity contribution < 1.29 is 9.84 Å². The molecule has 1 aliphatic heterocycles. The summed E-state index contributed by atoms with van der Waals surface area (Å²) in [5.74, 6) is 0.807. The fourth-order valence-electron chi connectivity index (χ4n) is 2.73. The van der Waals surface area contributed by atoms with Gasteiger partial charge >= 0.3 is 0 Å². The predicted octanol–water partition coefficient (Wildman–Crippen LogP) is 1.84. The van der Waals surface area contributed by atoms with Crippen LogP contribution in [0.4, 0.5) is 0 Å². The molecule has 0 radical (unpaired) electrons. The van der Waals surface area contributed by atoms with Crippen molar-refractivity contribution in [2.75, 3.05) is 6.61 Å². The highest BCUT2D eigenvalue weighted by Crippen LogP contribution is 2.38. The summed E-state index contributed by atoms with van der Waals surface area (Å²) < 4.78 is 5.82. The van der Waals surface area contributed by atoms with Crippen LogP contribution in [0, 0.1) is 5.92 Å². The van der Waals surface area contributed by atoms with Crippen LogP contribution in [0.1, 0.15) is 30.4 Å². The van der Waals surface area contributed by atoms with E-state index in [0.29, 0.717) is 12.1 Å². The number of aliphatic hydroxyl groups is 1. The van der Waals surface area contributed by atoms with Gasteiger partial charge in [-0.1, -0.05) is 24.3 Å². The third-order valence-corrected chi connectivity index (χ3v) is 4.00.